The molecule has 8 nitrogen and oxygen atoms in total. The van der Waals surface area contributed by atoms with Gasteiger partial charge in [0.2, 0.25) is 5.91 Å². The second-order valence-corrected chi connectivity index (χ2v) is 13.5. The quantitative estimate of drug-likeness (QED) is 0.336. The molecule has 1 N–H and O–H groups in total. The van der Waals surface area contributed by atoms with Crippen LogP contribution in [0.5, 0.6) is 5.75 Å². The highest BCUT2D eigenvalue weighted by Crippen LogP contribution is 2.58. The van der Waals surface area contributed by atoms with E-state index < -0.39 is 0 Å². The summed E-state index contributed by atoms with van der Waals surface area (Å²) in [6.07, 6.45) is 14.7. The van der Waals surface area contributed by atoms with Crippen molar-refractivity contribution in [3.8, 4) is 17.0 Å². The number of aliphatic hydroxyl groups excluding tert-OH is 1. The number of carbonyl (C=O) groups excluding carboxylic acids is 1. The van der Waals surface area contributed by atoms with Crippen LogP contribution in [0.2, 0.25) is 0 Å². The van der Waals surface area contributed by atoms with E-state index in [0.717, 1.165) is 68.4 Å². The van der Waals surface area contributed by atoms with Crippen LogP contribution < -0.4 is 9.64 Å². The molecule has 2 aromatic heterocycles. The molecule has 0 radical (unpaired) electrons. The Kier molecular flexibility index (Phi) is 7.85. The van der Waals surface area contributed by atoms with Gasteiger partial charge in [-0.15, -0.1) is 0 Å². The number of aliphatic hydroxyl groups is 1. The number of anilines is 1. The van der Waals surface area contributed by atoms with Gasteiger partial charge in [-0.25, -0.2) is 9.97 Å². The summed E-state index contributed by atoms with van der Waals surface area (Å²) < 4.78 is 7.45. The highest BCUT2D eigenvalue weighted by molar-refractivity contribution is 5.94. The van der Waals surface area contributed by atoms with Gasteiger partial charge in [-0.1, -0.05) is 12.1 Å². The summed E-state index contributed by atoms with van der Waals surface area (Å²) in [5.41, 5.74) is 4.63. The maximum absolute atomic E-state index is 14.2. The highest BCUT2D eigenvalue weighted by atomic mass is 16.5. The lowest BCUT2D eigenvalue weighted by molar-refractivity contribution is -0.124. The van der Waals surface area contributed by atoms with E-state index in [9.17, 15) is 9.90 Å². The van der Waals surface area contributed by atoms with Crippen molar-refractivity contribution in [2.24, 2.45) is 11.3 Å². The molecule has 3 aromatic rings. The second kappa shape index (κ2) is 11.4. The normalized spacial score (nSPS) is 27.3. The molecular formula is C34H45N5O3. The molecule has 4 aliphatic rings. The number of ether oxygens (including phenoxy) is 1. The number of aryl methyl sites for hydroxylation is 1. The molecule has 4 saturated carbocycles. The molecular weight excluding hydrogens is 526 g/mol. The van der Waals surface area contributed by atoms with E-state index in [-0.39, 0.29) is 34.8 Å². The highest BCUT2D eigenvalue weighted by Gasteiger charge is 2.50. The van der Waals surface area contributed by atoms with E-state index in [1.165, 1.54) is 11.1 Å². The third-order valence-corrected chi connectivity index (χ3v) is 10.6. The van der Waals surface area contributed by atoms with Gasteiger partial charge in [-0.3, -0.25) is 14.4 Å². The van der Waals surface area contributed by atoms with Gasteiger partial charge in [0, 0.05) is 36.3 Å². The minimum absolute atomic E-state index is 0.0829. The van der Waals surface area contributed by atoms with Crippen LogP contribution in [0.25, 0.3) is 11.3 Å². The lowest BCUT2D eigenvalue weighted by atomic mass is 9.51. The fourth-order valence-corrected chi connectivity index (χ4v) is 7.70. The van der Waals surface area contributed by atoms with E-state index in [2.05, 4.69) is 54.0 Å². The molecule has 4 fully saturated rings. The summed E-state index contributed by atoms with van der Waals surface area (Å²) in [4.78, 5) is 25.4. The molecule has 0 unspecified atom stereocenters. The van der Waals surface area contributed by atoms with Crippen LogP contribution in [0.1, 0.15) is 95.2 Å². The summed E-state index contributed by atoms with van der Waals surface area (Å²) in [5.74, 6) is 1.68. The standard InChI is InChI=1S/C34H45N5O3/c1-23(2)39-20-26(19-37-39)29-18-31(36-22-35-29)38(32(41)25-5-8-28(40)9-6-25)21-33-11-14-34(15-12-33,16-13-33)27-7-10-30(42-4)24(3)17-27/h7,10,17-20,22-23,25,28,40H,5-6,8-9,11-16,21H2,1-4H3. The van der Waals surface area contributed by atoms with Gasteiger partial charge in [-0.2, -0.15) is 5.10 Å². The minimum atomic E-state index is -0.296. The fraction of sp³-hybridized carbons (Fsp3) is 0.588. The number of amides is 1. The molecule has 0 saturated heterocycles. The van der Waals surface area contributed by atoms with Crippen molar-refractivity contribution >= 4 is 11.7 Å². The van der Waals surface area contributed by atoms with E-state index in [1.807, 2.05) is 28.0 Å². The van der Waals surface area contributed by atoms with Crippen LogP contribution in [0.3, 0.4) is 0 Å². The summed E-state index contributed by atoms with van der Waals surface area (Å²) >= 11 is 0. The van der Waals surface area contributed by atoms with Crippen molar-refractivity contribution < 1.29 is 14.6 Å². The fourth-order valence-electron chi connectivity index (χ4n) is 7.70. The molecule has 4 aliphatic carbocycles. The van der Waals surface area contributed by atoms with Gasteiger partial charge in [0.25, 0.3) is 0 Å². The van der Waals surface area contributed by atoms with Crippen LogP contribution in [0.15, 0.2) is 43.0 Å². The van der Waals surface area contributed by atoms with E-state index >= 15 is 0 Å². The number of hydrogen-bond acceptors (Lipinski definition) is 6. The SMILES string of the molecule is COc1ccc(C23CCC(CN(C(=O)C4CCC(O)CC4)c4cc(-c5cnn(C(C)C)c5)ncn4)(CC2)CC3)cc1C. The molecule has 2 bridgehead atoms. The number of benzene rings is 1. The Morgan fingerprint density at radius 2 is 1.79 bits per heavy atom. The van der Waals surface area contributed by atoms with Crippen LogP contribution in [-0.2, 0) is 10.2 Å². The molecule has 0 spiro atoms. The van der Waals surface area contributed by atoms with E-state index in [0.29, 0.717) is 25.2 Å². The van der Waals surface area contributed by atoms with Crippen LogP contribution >= 0.6 is 0 Å². The first-order valence-corrected chi connectivity index (χ1v) is 15.7. The Labute approximate surface area is 249 Å². The first kappa shape index (κ1) is 28.8. The van der Waals surface area contributed by atoms with Crippen LogP contribution in [0, 0.1) is 18.3 Å². The molecule has 7 rings (SSSR count). The van der Waals surface area contributed by atoms with Gasteiger partial charge >= 0.3 is 0 Å². The molecule has 224 valence electrons. The summed E-state index contributed by atoms with van der Waals surface area (Å²) in [5, 5.41) is 14.6. The first-order valence-electron chi connectivity index (χ1n) is 15.7. The number of aromatic nitrogens is 4. The molecule has 0 atom stereocenters. The van der Waals surface area contributed by atoms with Crippen molar-refractivity contribution in [1.82, 2.24) is 19.7 Å². The number of rotatable bonds is 8. The van der Waals surface area contributed by atoms with Crippen LogP contribution in [-0.4, -0.2) is 50.5 Å². The molecule has 0 aliphatic heterocycles. The smallest absolute Gasteiger partial charge is 0.231 e. The maximum atomic E-state index is 14.2. The lowest BCUT2D eigenvalue weighted by Gasteiger charge is -2.55. The van der Waals surface area contributed by atoms with Gasteiger partial charge in [0.05, 0.1) is 25.1 Å². The Balaban J connectivity index is 1.27. The van der Waals surface area contributed by atoms with Gasteiger partial charge < -0.3 is 9.84 Å². The number of hydrogen-bond donors (Lipinski definition) is 1. The Morgan fingerprint density at radius 1 is 1.07 bits per heavy atom. The number of nitrogens with zero attached hydrogens (tertiary/aromatic N) is 5. The van der Waals surface area contributed by atoms with Crippen molar-refractivity contribution in [2.75, 3.05) is 18.6 Å². The molecule has 1 amide bonds. The van der Waals surface area contributed by atoms with Crippen molar-refractivity contribution in [3.05, 3.63) is 54.1 Å². The number of methoxy groups -OCH3 is 1. The number of carbonyl (C=O) groups is 1. The van der Waals surface area contributed by atoms with E-state index in [4.69, 9.17) is 4.74 Å². The predicted molar refractivity (Wildman–Crippen MR) is 163 cm³/mol. The zero-order valence-electron chi connectivity index (χ0n) is 25.6. The third-order valence-electron chi connectivity index (χ3n) is 10.6. The molecule has 1 aromatic carbocycles. The zero-order valence-corrected chi connectivity index (χ0v) is 25.6. The first-order chi connectivity index (χ1) is 20.2. The minimum Gasteiger partial charge on any atom is -0.496 e. The molecule has 8 heteroatoms. The average Bonchev–Trinajstić information content (AvgIpc) is 3.52. The van der Waals surface area contributed by atoms with Crippen molar-refractivity contribution in [3.63, 3.8) is 0 Å². The van der Waals surface area contributed by atoms with Crippen LogP contribution in [0.4, 0.5) is 5.82 Å². The summed E-state index contributed by atoms with van der Waals surface area (Å²) in [6, 6.07) is 8.93. The Hall–Kier alpha value is -3.26. The van der Waals surface area contributed by atoms with Gasteiger partial charge in [0.1, 0.15) is 17.9 Å². The molecule has 2 heterocycles. The maximum Gasteiger partial charge on any atom is 0.231 e. The zero-order chi connectivity index (χ0) is 29.5. The summed E-state index contributed by atoms with van der Waals surface area (Å²) in [6.45, 7) is 7.01. The average molecular weight is 572 g/mol. The Morgan fingerprint density at radius 3 is 2.40 bits per heavy atom. The van der Waals surface area contributed by atoms with Gasteiger partial charge in [0.15, 0.2) is 0 Å². The lowest BCUT2D eigenvalue weighted by Crippen LogP contribution is -2.52. The third kappa shape index (κ3) is 5.46. The second-order valence-electron chi connectivity index (χ2n) is 13.5. The largest absolute Gasteiger partial charge is 0.496 e. The monoisotopic (exact) mass is 571 g/mol. The van der Waals surface area contributed by atoms with Gasteiger partial charge in [-0.05, 0) is 113 Å². The molecule has 42 heavy (non-hydrogen) atoms. The summed E-state index contributed by atoms with van der Waals surface area (Å²) in [7, 11) is 1.73. The van der Waals surface area contributed by atoms with E-state index in [1.54, 1.807) is 13.4 Å². The van der Waals surface area contributed by atoms with Crippen molar-refractivity contribution in [2.45, 2.75) is 103 Å². The van der Waals surface area contributed by atoms with Crippen molar-refractivity contribution in [1.29, 1.82) is 0 Å². The topological polar surface area (TPSA) is 93.4 Å². The Bertz CT molecular complexity index is 1400. The number of fused-ring (bicyclic) bond motifs is 3. The predicted octanol–water partition coefficient (Wildman–Crippen LogP) is 6.41.